The Hall–Kier alpha value is -4.28. The summed E-state index contributed by atoms with van der Waals surface area (Å²) in [6.07, 6.45) is 1.07. The first kappa shape index (κ1) is 21.4. The SMILES string of the molecule is Cc1ccc(Oc2cc(NC(=O)C(C)n3ncc([N+](=O)[O-])c3C)cc([N+](=O)[O-])c2)cc1. The molecular weight excluding hydrogens is 406 g/mol. The molecule has 3 rings (SSSR count). The van der Waals surface area contributed by atoms with Gasteiger partial charge < -0.3 is 10.1 Å². The third-order valence-corrected chi connectivity index (χ3v) is 4.59. The van der Waals surface area contributed by atoms with E-state index in [0.717, 1.165) is 11.8 Å². The molecule has 0 aliphatic rings. The Kier molecular flexibility index (Phi) is 5.95. The van der Waals surface area contributed by atoms with Crippen molar-refractivity contribution in [1.82, 2.24) is 9.78 Å². The lowest BCUT2D eigenvalue weighted by molar-refractivity contribution is -0.385. The monoisotopic (exact) mass is 425 g/mol. The summed E-state index contributed by atoms with van der Waals surface area (Å²) in [6, 6.07) is 10.1. The zero-order valence-electron chi connectivity index (χ0n) is 16.9. The minimum atomic E-state index is -0.894. The Morgan fingerprint density at radius 1 is 1.06 bits per heavy atom. The Balaban J connectivity index is 1.85. The number of rotatable bonds is 7. The van der Waals surface area contributed by atoms with Gasteiger partial charge in [-0.2, -0.15) is 5.10 Å². The molecule has 1 N–H and O–H groups in total. The van der Waals surface area contributed by atoms with E-state index in [-0.39, 0.29) is 28.5 Å². The van der Waals surface area contributed by atoms with Gasteiger partial charge in [0.1, 0.15) is 29.4 Å². The number of nitrogens with one attached hydrogen (secondary N) is 1. The Bertz CT molecular complexity index is 1160. The van der Waals surface area contributed by atoms with Gasteiger partial charge in [0.25, 0.3) is 5.69 Å². The van der Waals surface area contributed by atoms with Crippen molar-refractivity contribution in [2.24, 2.45) is 0 Å². The van der Waals surface area contributed by atoms with Gasteiger partial charge in [-0.1, -0.05) is 17.7 Å². The number of nitro groups is 2. The van der Waals surface area contributed by atoms with Crippen LogP contribution in [0.1, 0.15) is 24.2 Å². The van der Waals surface area contributed by atoms with Crippen LogP contribution in [0.2, 0.25) is 0 Å². The average Bonchev–Trinajstić information content (AvgIpc) is 3.10. The fourth-order valence-electron chi connectivity index (χ4n) is 2.90. The number of nitrogens with zero attached hydrogens (tertiary/aromatic N) is 4. The molecule has 0 saturated heterocycles. The van der Waals surface area contributed by atoms with Crippen LogP contribution in [-0.4, -0.2) is 25.5 Å². The lowest BCUT2D eigenvalue weighted by atomic mass is 10.2. The van der Waals surface area contributed by atoms with Gasteiger partial charge in [-0.15, -0.1) is 0 Å². The van der Waals surface area contributed by atoms with Crippen LogP contribution in [0.25, 0.3) is 0 Å². The molecule has 1 aromatic heterocycles. The molecule has 1 amide bonds. The van der Waals surface area contributed by atoms with Gasteiger partial charge in [-0.05, 0) is 32.9 Å². The normalized spacial score (nSPS) is 11.6. The molecule has 0 aliphatic heterocycles. The minimum Gasteiger partial charge on any atom is -0.457 e. The molecule has 1 atom stereocenters. The molecule has 1 heterocycles. The number of carbonyl (C=O) groups excluding carboxylic acids is 1. The molecule has 0 bridgehead atoms. The largest absolute Gasteiger partial charge is 0.457 e. The molecule has 31 heavy (non-hydrogen) atoms. The van der Waals surface area contributed by atoms with Crippen LogP contribution in [0.5, 0.6) is 11.5 Å². The van der Waals surface area contributed by atoms with Crippen LogP contribution in [0.15, 0.2) is 48.7 Å². The predicted octanol–water partition coefficient (Wildman–Crippen LogP) is 4.31. The van der Waals surface area contributed by atoms with E-state index in [1.54, 1.807) is 12.1 Å². The van der Waals surface area contributed by atoms with Crippen molar-refractivity contribution in [2.45, 2.75) is 26.8 Å². The molecule has 3 aromatic rings. The molecule has 11 nitrogen and oxygen atoms in total. The molecule has 0 fully saturated rings. The third kappa shape index (κ3) is 4.83. The summed E-state index contributed by atoms with van der Waals surface area (Å²) in [6.45, 7) is 4.91. The fourth-order valence-corrected chi connectivity index (χ4v) is 2.90. The van der Waals surface area contributed by atoms with Crippen molar-refractivity contribution < 1.29 is 19.4 Å². The first-order chi connectivity index (χ1) is 14.7. The maximum Gasteiger partial charge on any atom is 0.309 e. The number of anilines is 1. The number of nitro benzene ring substituents is 1. The van der Waals surface area contributed by atoms with Gasteiger partial charge in [-0.25, -0.2) is 0 Å². The molecule has 160 valence electrons. The highest BCUT2D eigenvalue weighted by Crippen LogP contribution is 2.30. The molecular formula is C20H19N5O6. The van der Waals surface area contributed by atoms with Gasteiger partial charge in [0.05, 0.1) is 21.6 Å². The summed E-state index contributed by atoms with van der Waals surface area (Å²) in [7, 11) is 0. The van der Waals surface area contributed by atoms with E-state index < -0.39 is 21.8 Å². The molecule has 2 aromatic carbocycles. The van der Waals surface area contributed by atoms with Crippen molar-refractivity contribution in [2.75, 3.05) is 5.32 Å². The van der Waals surface area contributed by atoms with E-state index in [4.69, 9.17) is 4.74 Å². The maximum absolute atomic E-state index is 12.7. The van der Waals surface area contributed by atoms with E-state index in [2.05, 4.69) is 10.4 Å². The maximum atomic E-state index is 12.7. The van der Waals surface area contributed by atoms with Crippen LogP contribution in [0.4, 0.5) is 17.1 Å². The lowest BCUT2D eigenvalue weighted by Gasteiger charge is -2.15. The summed E-state index contributed by atoms with van der Waals surface area (Å²) in [5.74, 6) is 0.103. The highest BCUT2D eigenvalue weighted by Gasteiger charge is 2.24. The number of hydrogen-bond donors (Lipinski definition) is 1. The quantitative estimate of drug-likeness (QED) is 0.439. The number of ether oxygens (including phenoxy) is 1. The first-order valence-electron chi connectivity index (χ1n) is 9.19. The highest BCUT2D eigenvalue weighted by atomic mass is 16.6. The van der Waals surface area contributed by atoms with Crippen LogP contribution in [0.3, 0.4) is 0 Å². The molecule has 0 spiro atoms. The third-order valence-electron chi connectivity index (χ3n) is 4.59. The van der Waals surface area contributed by atoms with Crippen molar-refractivity contribution >= 4 is 23.0 Å². The summed E-state index contributed by atoms with van der Waals surface area (Å²) in [5, 5.41) is 28.8. The van der Waals surface area contributed by atoms with E-state index in [1.165, 1.54) is 36.7 Å². The second kappa shape index (κ2) is 8.61. The van der Waals surface area contributed by atoms with Gasteiger partial charge in [0, 0.05) is 12.1 Å². The van der Waals surface area contributed by atoms with E-state index >= 15 is 0 Å². The van der Waals surface area contributed by atoms with Crippen molar-refractivity contribution in [3.8, 4) is 11.5 Å². The van der Waals surface area contributed by atoms with Gasteiger partial charge in [-0.3, -0.25) is 29.7 Å². The number of aryl methyl sites for hydroxylation is 1. The smallest absolute Gasteiger partial charge is 0.309 e. The van der Waals surface area contributed by atoms with Crippen LogP contribution < -0.4 is 10.1 Å². The molecule has 0 saturated carbocycles. The number of carbonyl (C=O) groups is 1. The molecule has 11 heteroatoms. The standard InChI is InChI=1S/C20H19N5O6/c1-12-4-6-17(7-5-12)31-18-9-15(8-16(10-18)24(27)28)22-20(26)14(3)23-13(2)19(11-21-23)25(29)30/h4-11,14H,1-3H3,(H,22,26). The highest BCUT2D eigenvalue weighted by molar-refractivity contribution is 5.94. The van der Waals surface area contributed by atoms with Crippen molar-refractivity contribution in [3.63, 3.8) is 0 Å². The minimum absolute atomic E-state index is 0.146. The molecule has 0 aliphatic carbocycles. The number of hydrogen-bond acceptors (Lipinski definition) is 7. The van der Waals surface area contributed by atoms with Crippen LogP contribution in [0, 0.1) is 34.1 Å². The summed E-state index contributed by atoms with van der Waals surface area (Å²) >= 11 is 0. The van der Waals surface area contributed by atoms with E-state index in [0.29, 0.717) is 5.75 Å². The van der Waals surface area contributed by atoms with Gasteiger partial charge >= 0.3 is 5.69 Å². The summed E-state index contributed by atoms with van der Waals surface area (Å²) in [5.41, 5.74) is 0.923. The van der Waals surface area contributed by atoms with Gasteiger partial charge in [0.15, 0.2) is 0 Å². The summed E-state index contributed by atoms with van der Waals surface area (Å²) < 4.78 is 6.91. The molecule has 0 radical (unpaired) electrons. The average molecular weight is 425 g/mol. The Morgan fingerprint density at radius 2 is 1.74 bits per heavy atom. The fraction of sp³-hybridized carbons (Fsp3) is 0.200. The lowest BCUT2D eigenvalue weighted by Crippen LogP contribution is -2.25. The van der Waals surface area contributed by atoms with E-state index in [1.807, 2.05) is 19.1 Å². The zero-order chi connectivity index (χ0) is 22.7. The number of aromatic nitrogens is 2. The zero-order valence-corrected chi connectivity index (χ0v) is 16.9. The number of amides is 1. The van der Waals surface area contributed by atoms with Crippen LogP contribution in [-0.2, 0) is 4.79 Å². The second-order valence-corrected chi connectivity index (χ2v) is 6.87. The van der Waals surface area contributed by atoms with E-state index in [9.17, 15) is 25.0 Å². The number of non-ortho nitro benzene ring substituents is 1. The Morgan fingerprint density at radius 3 is 2.32 bits per heavy atom. The van der Waals surface area contributed by atoms with Crippen molar-refractivity contribution in [1.29, 1.82) is 0 Å². The first-order valence-corrected chi connectivity index (χ1v) is 9.19. The molecule has 1 unspecified atom stereocenters. The predicted molar refractivity (Wildman–Crippen MR) is 111 cm³/mol. The topological polar surface area (TPSA) is 142 Å². The van der Waals surface area contributed by atoms with Crippen LogP contribution >= 0.6 is 0 Å². The summed E-state index contributed by atoms with van der Waals surface area (Å²) in [4.78, 5) is 33.8. The van der Waals surface area contributed by atoms with Gasteiger partial charge in [0.2, 0.25) is 5.91 Å². The Labute approximate surface area is 176 Å². The number of benzene rings is 2. The second-order valence-electron chi connectivity index (χ2n) is 6.87. The van der Waals surface area contributed by atoms with Crippen molar-refractivity contribution in [3.05, 3.63) is 80.1 Å².